The lowest BCUT2D eigenvalue weighted by molar-refractivity contribution is -0.384. The predicted molar refractivity (Wildman–Crippen MR) is 108 cm³/mol. The molecule has 0 spiro atoms. The topological polar surface area (TPSA) is 97.5 Å². The SMILES string of the molecule is CCN1C(=O)/C(=C\c2cc(C)n(-c3cccc([N+](=O)[O-])c3)c2C)C(=O)NC1=S. The molecule has 1 aromatic heterocycles. The minimum absolute atomic E-state index is 0.00487. The van der Waals surface area contributed by atoms with Gasteiger partial charge in [-0.25, -0.2) is 0 Å². The number of likely N-dealkylation sites (N-methyl/N-ethyl adjacent to an activating group) is 1. The van der Waals surface area contributed by atoms with Crippen LogP contribution in [0.5, 0.6) is 0 Å². The Bertz CT molecular complexity index is 1050. The molecular weight excluding hydrogens is 380 g/mol. The highest BCUT2D eigenvalue weighted by atomic mass is 32.1. The maximum atomic E-state index is 12.6. The lowest BCUT2D eigenvalue weighted by atomic mass is 10.1. The molecule has 0 radical (unpaired) electrons. The Kier molecular flexibility index (Phi) is 5.10. The molecule has 0 aliphatic carbocycles. The Labute approximate surface area is 166 Å². The van der Waals surface area contributed by atoms with Gasteiger partial charge in [-0.3, -0.25) is 29.9 Å². The number of thiocarbonyl (C=S) groups is 1. The first kappa shape index (κ1) is 19.4. The van der Waals surface area contributed by atoms with Gasteiger partial charge in [0, 0.05) is 30.1 Å². The molecule has 1 saturated heterocycles. The van der Waals surface area contributed by atoms with Crippen molar-refractivity contribution >= 4 is 40.9 Å². The lowest BCUT2D eigenvalue weighted by Gasteiger charge is -2.27. The summed E-state index contributed by atoms with van der Waals surface area (Å²) >= 11 is 5.03. The molecular formula is C19H18N4O4S. The van der Waals surface area contributed by atoms with E-state index >= 15 is 0 Å². The van der Waals surface area contributed by atoms with E-state index < -0.39 is 16.7 Å². The minimum Gasteiger partial charge on any atom is -0.318 e. The molecule has 9 heteroatoms. The number of carbonyl (C=O) groups excluding carboxylic acids is 2. The van der Waals surface area contributed by atoms with E-state index in [1.165, 1.54) is 23.1 Å². The van der Waals surface area contributed by atoms with Crippen molar-refractivity contribution < 1.29 is 14.5 Å². The number of hydrogen-bond donors (Lipinski definition) is 1. The van der Waals surface area contributed by atoms with E-state index in [-0.39, 0.29) is 16.4 Å². The zero-order valence-corrected chi connectivity index (χ0v) is 16.4. The molecule has 8 nitrogen and oxygen atoms in total. The molecule has 1 N–H and O–H groups in total. The van der Waals surface area contributed by atoms with Gasteiger partial charge in [0.05, 0.1) is 10.6 Å². The summed E-state index contributed by atoms with van der Waals surface area (Å²) in [4.78, 5) is 36.8. The van der Waals surface area contributed by atoms with Crippen LogP contribution in [0.3, 0.4) is 0 Å². The first-order valence-electron chi connectivity index (χ1n) is 8.57. The van der Waals surface area contributed by atoms with Crippen molar-refractivity contribution in [1.29, 1.82) is 0 Å². The van der Waals surface area contributed by atoms with Gasteiger partial charge < -0.3 is 4.57 Å². The molecule has 1 aromatic carbocycles. The number of aromatic nitrogens is 1. The number of nitrogens with zero attached hydrogens (tertiary/aromatic N) is 3. The van der Waals surface area contributed by atoms with Crippen LogP contribution in [0.1, 0.15) is 23.9 Å². The second-order valence-corrected chi connectivity index (χ2v) is 6.69. The standard InChI is InChI=1S/C19H18N4O4S/c1-4-21-18(25)16(17(24)20-19(21)28)9-13-8-11(2)22(12(13)3)14-6-5-7-15(10-14)23(26)27/h5-10H,4H2,1-3H3,(H,20,24,28)/b16-9-. The van der Waals surface area contributed by atoms with Crippen molar-refractivity contribution in [3.05, 3.63) is 63.0 Å². The maximum absolute atomic E-state index is 12.6. The number of benzene rings is 1. The van der Waals surface area contributed by atoms with Gasteiger partial charge >= 0.3 is 0 Å². The molecule has 2 aromatic rings. The second-order valence-electron chi connectivity index (χ2n) is 6.31. The number of amides is 2. The molecule has 0 saturated carbocycles. The monoisotopic (exact) mass is 398 g/mol. The van der Waals surface area contributed by atoms with E-state index in [4.69, 9.17) is 12.2 Å². The molecule has 2 heterocycles. The third-order valence-corrected chi connectivity index (χ3v) is 4.89. The minimum atomic E-state index is -0.542. The van der Waals surface area contributed by atoms with E-state index in [1.807, 2.05) is 24.5 Å². The van der Waals surface area contributed by atoms with E-state index in [0.717, 1.165) is 11.4 Å². The highest BCUT2D eigenvalue weighted by molar-refractivity contribution is 7.80. The first-order chi connectivity index (χ1) is 13.2. The Morgan fingerprint density at radius 1 is 1.25 bits per heavy atom. The number of nitro benzene ring substituents is 1. The van der Waals surface area contributed by atoms with Crippen molar-refractivity contribution in [1.82, 2.24) is 14.8 Å². The summed E-state index contributed by atoms with van der Waals surface area (Å²) in [5, 5.41) is 13.7. The smallest absolute Gasteiger partial charge is 0.271 e. The molecule has 1 aliphatic rings. The van der Waals surface area contributed by atoms with Crippen LogP contribution >= 0.6 is 12.2 Å². The maximum Gasteiger partial charge on any atom is 0.271 e. The first-order valence-corrected chi connectivity index (χ1v) is 8.98. The zero-order valence-electron chi connectivity index (χ0n) is 15.6. The summed E-state index contributed by atoms with van der Waals surface area (Å²) in [6.07, 6.45) is 1.53. The van der Waals surface area contributed by atoms with Gasteiger partial charge in [0.1, 0.15) is 5.57 Å². The third kappa shape index (κ3) is 3.31. The molecule has 144 valence electrons. The summed E-state index contributed by atoms with van der Waals surface area (Å²) in [5.41, 5.74) is 2.85. The molecule has 3 rings (SSSR count). The Morgan fingerprint density at radius 2 is 1.96 bits per heavy atom. The van der Waals surface area contributed by atoms with Crippen molar-refractivity contribution in [3.63, 3.8) is 0 Å². The second kappa shape index (κ2) is 7.35. The molecule has 28 heavy (non-hydrogen) atoms. The molecule has 0 unspecified atom stereocenters. The van der Waals surface area contributed by atoms with Crippen LogP contribution in [0.15, 0.2) is 35.9 Å². The highest BCUT2D eigenvalue weighted by Crippen LogP contribution is 2.26. The van der Waals surface area contributed by atoms with Gasteiger partial charge in [-0.1, -0.05) is 6.07 Å². The normalized spacial score (nSPS) is 15.9. The number of non-ortho nitro benzene ring substituents is 1. The summed E-state index contributed by atoms with van der Waals surface area (Å²) in [6.45, 7) is 5.80. The number of nitrogens with one attached hydrogen (secondary N) is 1. The van der Waals surface area contributed by atoms with Gasteiger partial charge in [-0.05, 0) is 56.8 Å². The average Bonchev–Trinajstić information content (AvgIpc) is 2.92. The van der Waals surface area contributed by atoms with Crippen LogP contribution in [-0.4, -0.2) is 37.9 Å². The van der Waals surface area contributed by atoms with Crippen LogP contribution in [-0.2, 0) is 9.59 Å². The van der Waals surface area contributed by atoms with Crippen molar-refractivity contribution in [2.24, 2.45) is 0 Å². The van der Waals surface area contributed by atoms with E-state index in [0.29, 0.717) is 17.8 Å². The Hall–Kier alpha value is -3.33. The van der Waals surface area contributed by atoms with Crippen LogP contribution in [0.4, 0.5) is 5.69 Å². The number of aryl methyl sites for hydroxylation is 1. The summed E-state index contributed by atoms with van der Waals surface area (Å²) in [5.74, 6) is -0.990. The van der Waals surface area contributed by atoms with E-state index in [1.54, 1.807) is 19.1 Å². The fourth-order valence-electron chi connectivity index (χ4n) is 3.21. The largest absolute Gasteiger partial charge is 0.318 e. The van der Waals surface area contributed by atoms with Crippen molar-refractivity contribution in [2.75, 3.05) is 6.54 Å². The van der Waals surface area contributed by atoms with Gasteiger partial charge in [0.2, 0.25) is 0 Å². The van der Waals surface area contributed by atoms with E-state index in [9.17, 15) is 19.7 Å². The molecule has 2 amide bonds. The van der Waals surface area contributed by atoms with Crippen LogP contribution in [0.2, 0.25) is 0 Å². The molecule has 1 aliphatic heterocycles. The molecule has 0 atom stereocenters. The number of nitro groups is 1. The highest BCUT2D eigenvalue weighted by Gasteiger charge is 2.32. The molecule has 1 fully saturated rings. The van der Waals surface area contributed by atoms with Crippen LogP contribution in [0.25, 0.3) is 11.8 Å². The van der Waals surface area contributed by atoms with Crippen molar-refractivity contribution in [3.8, 4) is 5.69 Å². The van der Waals surface area contributed by atoms with Crippen LogP contribution in [0, 0.1) is 24.0 Å². The van der Waals surface area contributed by atoms with Gasteiger partial charge in [0.15, 0.2) is 5.11 Å². The Balaban J connectivity index is 2.07. The summed E-state index contributed by atoms with van der Waals surface area (Å²) in [6, 6.07) is 8.10. The number of carbonyl (C=O) groups is 2. The Morgan fingerprint density at radius 3 is 2.61 bits per heavy atom. The van der Waals surface area contributed by atoms with Gasteiger partial charge in [-0.15, -0.1) is 0 Å². The fraction of sp³-hybridized carbons (Fsp3) is 0.211. The number of hydrogen-bond acceptors (Lipinski definition) is 5. The average molecular weight is 398 g/mol. The molecule has 0 bridgehead atoms. The van der Waals surface area contributed by atoms with Gasteiger partial charge in [0.25, 0.3) is 17.5 Å². The van der Waals surface area contributed by atoms with Crippen LogP contribution < -0.4 is 5.32 Å². The quantitative estimate of drug-likeness (QED) is 0.281. The van der Waals surface area contributed by atoms with Gasteiger partial charge in [-0.2, -0.15) is 0 Å². The lowest BCUT2D eigenvalue weighted by Crippen LogP contribution is -2.53. The third-order valence-electron chi connectivity index (χ3n) is 4.57. The van der Waals surface area contributed by atoms with Crippen molar-refractivity contribution in [2.45, 2.75) is 20.8 Å². The summed E-state index contributed by atoms with van der Waals surface area (Å²) in [7, 11) is 0. The number of rotatable bonds is 4. The fourth-order valence-corrected chi connectivity index (χ4v) is 3.52. The zero-order chi connectivity index (χ0) is 20.6. The summed E-state index contributed by atoms with van der Waals surface area (Å²) < 4.78 is 1.84. The predicted octanol–water partition coefficient (Wildman–Crippen LogP) is 2.65. The van der Waals surface area contributed by atoms with E-state index in [2.05, 4.69) is 5.32 Å².